The fourth-order valence-corrected chi connectivity index (χ4v) is 7.38. The van der Waals surface area contributed by atoms with E-state index in [9.17, 15) is 19.5 Å². The van der Waals surface area contributed by atoms with Crippen LogP contribution >= 0.6 is 0 Å². The van der Waals surface area contributed by atoms with E-state index in [0.717, 1.165) is 70.6 Å². The zero-order valence-electron chi connectivity index (χ0n) is 41.7. The van der Waals surface area contributed by atoms with Crippen LogP contribution in [0.3, 0.4) is 0 Å². The van der Waals surface area contributed by atoms with Crippen LogP contribution in [0.5, 0.6) is 0 Å². The minimum absolute atomic E-state index is 0.185. The number of allylic oxidation sites excluding steroid dienone is 6. The molecule has 9 heteroatoms. The number of quaternary nitrogens is 1. The highest BCUT2D eigenvalue weighted by Crippen LogP contribution is 2.16. The van der Waals surface area contributed by atoms with Gasteiger partial charge in [-0.3, -0.25) is 9.59 Å². The van der Waals surface area contributed by atoms with Crippen molar-refractivity contribution in [3.63, 3.8) is 0 Å². The third kappa shape index (κ3) is 47.3. The number of esters is 2. The third-order valence-corrected chi connectivity index (χ3v) is 11.4. The summed E-state index contributed by atoms with van der Waals surface area (Å²) in [4.78, 5) is 37.3. The number of rotatable bonds is 48. The Bertz CT molecular complexity index is 1130. The maximum Gasteiger partial charge on any atom is 0.361 e. The molecule has 0 saturated carbocycles. The first-order valence-corrected chi connectivity index (χ1v) is 26.2. The first-order chi connectivity index (χ1) is 30.6. The molecule has 0 bridgehead atoms. The Morgan fingerprint density at radius 2 is 0.905 bits per heavy atom. The van der Waals surface area contributed by atoms with Gasteiger partial charge in [0.25, 0.3) is 6.29 Å². The van der Waals surface area contributed by atoms with Gasteiger partial charge < -0.3 is 28.5 Å². The molecule has 2 unspecified atom stereocenters. The van der Waals surface area contributed by atoms with E-state index in [-0.39, 0.29) is 32.2 Å². The SMILES string of the molecule is CC/C=C\C/C=C\C/C=C\CCCCCCCC(=O)OC(COC(=O)CCCCCCCCCCCCCCCCCCCCCCCCC)COC(OCC[N+](C)(C)C)C(=O)O. The van der Waals surface area contributed by atoms with Gasteiger partial charge in [0.1, 0.15) is 13.2 Å². The van der Waals surface area contributed by atoms with Crippen LogP contribution in [0.4, 0.5) is 0 Å². The van der Waals surface area contributed by atoms with Crippen molar-refractivity contribution in [2.24, 2.45) is 0 Å². The van der Waals surface area contributed by atoms with Gasteiger partial charge in [-0.15, -0.1) is 0 Å². The molecule has 0 aliphatic heterocycles. The Labute approximate surface area is 388 Å². The molecule has 9 nitrogen and oxygen atoms in total. The number of carbonyl (C=O) groups is 3. The summed E-state index contributed by atoms with van der Waals surface area (Å²) < 4.78 is 22.8. The first kappa shape index (κ1) is 60.5. The number of hydrogen-bond acceptors (Lipinski definition) is 7. The normalized spacial score (nSPS) is 13.1. The van der Waals surface area contributed by atoms with E-state index in [1.807, 2.05) is 21.1 Å². The summed E-state index contributed by atoms with van der Waals surface area (Å²) >= 11 is 0. The van der Waals surface area contributed by atoms with E-state index in [4.69, 9.17) is 18.9 Å². The second-order valence-corrected chi connectivity index (χ2v) is 18.8. The van der Waals surface area contributed by atoms with Crippen LogP contribution in [-0.2, 0) is 33.3 Å². The van der Waals surface area contributed by atoms with Crippen LogP contribution in [0.15, 0.2) is 36.5 Å². The molecule has 2 atom stereocenters. The van der Waals surface area contributed by atoms with Crippen molar-refractivity contribution >= 4 is 17.9 Å². The molecule has 0 fully saturated rings. The zero-order chi connectivity index (χ0) is 46.3. The second-order valence-electron chi connectivity index (χ2n) is 18.8. The molecule has 0 heterocycles. The van der Waals surface area contributed by atoms with E-state index in [0.29, 0.717) is 23.9 Å². The molecule has 368 valence electrons. The summed E-state index contributed by atoms with van der Waals surface area (Å²) in [5.41, 5.74) is 0. The maximum atomic E-state index is 12.8. The van der Waals surface area contributed by atoms with Gasteiger partial charge in [0.05, 0.1) is 34.4 Å². The van der Waals surface area contributed by atoms with Crippen LogP contribution in [0, 0.1) is 0 Å². The molecule has 0 aromatic heterocycles. The van der Waals surface area contributed by atoms with E-state index < -0.39 is 24.3 Å². The van der Waals surface area contributed by atoms with Gasteiger partial charge in [-0.1, -0.05) is 211 Å². The fraction of sp³-hybridized carbons (Fsp3) is 0.833. The van der Waals surface area contributed by atoms with Gasteiger partial charge in [-0.25, -0.2) is 4.79 Å². The summed E-state index contributed by atoms with van der Waals surface area (Å²) in [5, 5.41) is 9.66. The van der Waals surface area contributed by atoms with Crippen molar-refractivity contribution in [1.82, 2.24) is 0 Å². The molecule has 0 amide bonds. The van der Waals surface area contributed by atoms with Crippen molar-refractivity contribution in [2.75, 3.05) is 47.5 Å². The lowest BCUT2D eigenvalue weighted by atomic mass is 10.0. The minimum atomic E-state index is -1.51. The van der Waals surface area contributed by atoms with E-state index in [1.165, 1.54) is 128 Å². The molecule has 0 spiro atoms. The van der Waals surface area contributed by atoms with Crippen LogP contribution in [0.1, 0.15) is 232 Å². The zero-order valence-corrected chi connectivity index (χ0v) is 41.7. The number of carbonyl (C=O) groups excluding carboxylic acids is 2. The number of ether oxygens (including phenoxy) is 4. The van der Waals surface area contributed by atoms with Gasteiger partial charge >= 0.3 is 17.9 Å². The number of carboxylic acids is 1. The lowest BCUT2D eigenvalue weighted by Gasteiger charge is -2.25. The highest BCUT2D eigenvalue weighted by atomic mass is 16.7. The summed E-state index contributed by atoms with van der Waals surface area (Å²) in [6, 6.07) is 0. The average molecular weight is 891 g/mol. The Morgan fingerprint density at radius 3 is 1.35 bits per heavy atom. The van der Waals surface area contributed by atoms with Gasteiger partial charge in [0.15, 0.2) is 6.10 Å². The van der Waals surface area contributed by atoms with Crippen LogP contribution < -0.4 is 0 Å². The number of aliphatic carboxylic acids is 1. The second kappa shape index (κ2) is 46.1. The van der Waals surface area contributed by atoms with Gasteiger partial charge in [0, 0.05) is 12.8 Å². The molecule has 0 aliphatic carbocycles. The summed E-state index contributed by atoms with van der Waals surface area (Å²) in [5.74, 6) is -2.02. The molecule has 63 heavy (non-hydrogen) atoms. The van der Waals surface area contributed by atoms with E-state index in [1.54, 1.807) is 0 Å². The van der Waals surface area contributed by atoms with Gasteiger partial charge in [0.2, 0.25) is 0 Å². The van der Waals surface area contributed by atoms with E-state index >= 15 is 0 Å². The van der Waals surface area contributed by atoms with Crippen molar-refractivity contribution in [3.05, 3.63) is 36.5 Å². The molecule has 0 radical (unpaired) electrons. The predicted molar refractivity (Wildman–Crippen MR) is 263 cm³/mol. The van der Waals surface area contributed by atoms with Gasteiger partial charge in [-0.05, 0) is 44.9 Å². The topological polar surface area (TPSA) is 108 Å². The first-order valence-electron chi connectivity index (χ1n) is 26.2. The summed E-state index contributed by atoms with van der Waals surface area (Å²) in [6.45, 7) is 4.77. The van der Waals surface area contributed by atoms with Crippen LogP contribution in [0.25, 0.3) is 0 Å². The highest BCUT2D eigenvalue weighted by Gasteiger charge is 2.25. The molecular formula is C54H100NO8+. The number of unbranched alkanes of at least 4 members (excludes halogenated alkanes) is 27. The molecule has 0 rings (SSSR count). The van der Waals surface area contributed by atoms with Crippen molar-refractivity contribution in [2.45, 2.75) is 245 Å². The van der Waals surface area contributed by atoms with Crippen molar-refractivity contribution in [3.8, 4) is 0 Å². The largest absolute Gasteiger partial charge is 0.477 e. The van der Waals surface area contributed by atoms with Crippen LogP contribution in [-0.4, -0.2) is 87.4 Å². The summed E-state index contributed by atoms with van der Waals surface area (Å²) in [7, 11) is 5.96. The lowest BCUT2D eigenvalue weighted by molar-refractivity contribution is -0.870. The smallest absolute Gasteiger partial charge is 0.361 e. The van der Waals surface area contributed by atoms with E-state index in [2.05, 4.69) is 50.3 Å². The number of carboxylic acid groups (broad SMARTS) is 1. The number of likely N-dealkylation sites (N-methyl/N-ethyl adjacent to an activating group) is 1. The number of hydrogen-bond donors (Lipinski definition) is 1. The molecular weight excluding hydrogens is 791 g/mol. The van der Waals surface area contributed by atoms with Crippen LogP contribution in [0.2, 0.25) is 0 Å². The highest BCUT2D eigenvalue weighted by molar-refractivity contribution is 5.71. The average Bonchev–Trinajstić information content (AvgIpc) is 3.24. The Morgan fingerprint density at radius 1 is 0.492 bits per heavy atom. The standard InChI is InChI=1S/C54H99NO8/c1-6-8-10-12-14-16-18-20-22-23-24-25-26-27-28-29-31-32-34-36-38-40-42-44-51(56)61-48-50(49-62-54(53(58)59)60-47-46-55(3,4)5)63-52(57)45-43-41-39-37-35-33-30-21-19-17-15-13-11-9-7-2/h9,11,15,17,21,30,50,54H,6-8,10,12-14,16,18-20,22-29,31-49H2,1-5H3/p+1/b11-9-,17-15-,30-21-. The molecule has 0 saturated heterocycles. The number of nitrogens with zero attached hydrogens (tertiary/aromatic N) is 1. The minimum Gasteiger partial charge on any atom is -0.477 e. The Hall–Kier alpha value is -2.49. The molecule has 0 aromatic carbocycles. The molecule has 1 N–H and O–H groups in total. The predicted octanol–water partition coefficient (Wildman–Crippen LogP) is 14.6. The fourth-order valence-electron chi connectivity index (χ4n) is 7.38. The molecule has 0 aromatic rings. The maximum absolute atomic E-state index is 12.8. The summed E-state index contributed by atoms with van der Waals surface area (Å²) in [6.07, 6.45) is 50.7. The Kier molecular flexibility index (Phi) is 44.2. The Balaban J connectivity index is 4.26. The van der Waals surface area contributed by atoms with Crippen molar-refractivity contribution in [1.29, 1.82) is 0 Å². The lowest BCUT2D eigenvalue weighted by Crippen LogP contribution is -2.40. The monoisotopic (exact) mass is 891 g/mol. The quantitative estimate of drug-likeness (QED) is 0.0212. The third-order valence-electron chi connectivity index (χ3n) is 11.4. The van der Waals surface area contributed by atoms with Crippen molar-refractivity contribution < 1.29 is 42.9 Å². The van der Waals surface area contributed by atoms with Gasteiger partial charge in [-0.2, -0.15) is 0 Å². The molecule has 0 aliphatic rings.